The molecule has 3 aliphatic rings. The average molecular weight is 690 g/mol. The summed E-state index contributed by atoms with van der Waals surface area (Å²) in [7, 11) is 1.06. The first kappa shape index (κ1) is 33.5. The molecule has 2 saturated heterocycles. The van der Waals surface area contributed by atoms with E-state index in [4.69, 9.17) is 4.74 Å². The van der Waals surface area contributed by atoms with E-state index in [2.05, 4.69) is 30.2 Å². The second-order valence-electron chi connectivity index (χ2n) is 12.5. The summed E-state index contributed by atoms with van der Waals surface area (Å²) in [5.74, 6) is -17.7. The number of halogens is 7. The van der Waals surface area contributed by atoms with E-state index in [1.807, 2.05) is 0 Å². The van der Waals surface area contributed by atoms with Gasteiger partial charge in [-0.05, 0) is 42.5 Å². The molecule has 19 heteroatoms. The number of aromatic nitrogens is 4. The van der Waals surface area contributed by atoms with E-state index in [0.29, 0.717) is 4.90 Å². The van der Waals surface area contributed by atoms with Crippen molar-refractivity contribution in [2.75, 3.05) is 33.3 Å². The van der Waals surface area contributed by atoms with Gasteiger partial charge in [0.1, 0.15) is 17.0 Å². The van der Waals surface area contributed by atoms with E-state index in [1.54, 1.807) is 0 Å². The minimum atomic E-state index is -4.47. The lowest BCUT2D eigenvalue weighted by atomic mass is 9.81. The normalized spacial score (nSPS) is 24.2. The molecule has 3 atom stereocenters. The van der Waals surface area contributed by atoms with Gasteiger partial charge in [-0.15, -0.1) is 0 Å². The van der Waals surface area contributed by atoms with E-state index in [0.717, 1.165) is 12.0 Å². The highest BCUT2D eigenvalue weighted by Crippen LogP contribution is 2.45. The number of alkyl halides is 6. The maximum atomic E-state index is 16.4. The Hall–Kier alpha value is -4.45. The lowest BCUT2D eigenvalue weighted by Gasteiger charge is -2.33. The van der Waals surface area contributed by atoms with Crippen molar-refractivity contribution < 1.29 is 54.5 Å². The SMILES string of the molecule is COC(=O)N1C[C@H](C(=O)N2CC(F)(F)C(F)(F)C2)[C@H](c2ccc3[nH]c([C@@H](NC(=O)c4nonc4C)C4CCC(F)(F)CC4)nc3c2F)C1. The summed E-state index contributed by atoms with van der Waals surface area (Å²) < 4.78 is 110. The number of hydrogen-bond acceptors (Lipinski definition) is 8. The highest BCUT2D eigenvalue weighted by molar-refractivity contribution is 5.93. The number of methoxy groups -OCH3 is 1. The van der Waals surface area contributed by atoms with Gasteiger partial charge in [-0.2, -0.15) is 17.6 Å². The lowest BCUT2D eigenvalue weighted by Crippen LogP contribution is -2.39. The third kappa shape index (κ3) is 5.91. The van der Waals surface area contributed by atoms with Crippen LogP contribution in [0, 0.1) is 24.6 Å². The van der Waals surface area contributed by atoms with E-state index < -0.39 is 97.8 Å². The largest absolute Gasteiger partial charge is 0.453 e. The monoisotopic (exact) mass is 689 g/mol. The molecule has 1 aliphatic carbocycles. The number of nitrogens with one attached hydrogen (secondary N) is 2. The number of hydrogen-bond donors (Lipinski definition) is 2. The Labute approximate surface area is 267 Å². The number of likely N-dealkylation sites (tertiary alicyclic amines) is 2. The molecule has 2 N–H and O–H groups in total. The van der Waals surface area contributed by atoms with Crippen molar-refractivity contribution in [2.24, 2.45) is 11.8 Å². The molecule has 0 unspecified atom stereocenters. The molecule has 2 aromatic heterocycles. The number of ether oxygens (including phenoxy) is 1. The van der Waals surface area contributed by atoms with Crippen LogP contribution in [-0.4, -0.2) is 99.0 Å². The first-order valence-electron chi connectivity index (χ1n) is 15.0. The van der Waals surface area contributed by atoms with Crippen LogP contribution >= 0.6 is 0 Å². The second kappa shape index (κ2) is 11.9. The number of aryl methyl sites for hydroxylation is 1. The number of imidazole rings is 1. The van der Waals surface area contributed by atoms with E-state index in [1.165, 1.54) is 19.1 Å². The summed E-state index contributed by atoms with van der Waals surface area (Å²) in [6.45, 7) is -2.33. The van der Waals surface area contributed by atoms with Gasteiger partial charge in [0.15, 0.2) is 11.5 Å². The molecule has 48 heavy (non-hydrogen) atoms. The molecule has 12 nitrogen and oxygen atoms in total. The van der Waals surface area contributed by atoms with Gasteiger partial charge in [0.2, 0.25) is 11.8 Å². The van der Waals surface area contributed by atoms with E-state index in [9.17, 15) is 40.7 Å². The molecular weight excluding hydrogens is 659 g/mol. The number of carbonyl (C=O) groups excluding carboxylic acids is 3. The second-order valence-corrected chi connectivity index (χ2v) is 12.5. The van der Waals surface area contributed by atoms with Crippen LogP contribution in [0.3, 0.4) is 0 Å². The number of rotatable bonds is 6. The highest BCUT2D eigenvalue weighted by atomic mass is 19.3. The van der Waals surface area contributed by atoms with Gasteiger partial charge in [0.05, 0.1) is 37.7 Å². The Kier molecular flexibility index (Phi) is 8.30. The van der Waals surface area contributed by atoms with Crippen LogP contribution in [0.15, 0.2) is 16.8 Å². The van der Waals surface area contributed by atoms with Gasteiger partial charge in [-0.25, -0.2) is 27.6 Å². The minimum Gasteiger partial charge on any atom is -0.453 e. The van der Waals surface area contributed by atoms with Gasteiger partial charge < -0.3 is 24.8 Å². The number of aromatic amines is 1. The van der Waals surface area contributed by atoms with Crippen LogP contribution in [-0.2, 0) is 9.53 Å². The number of nitrogens with zero attached hydrogens (tertiary/aromatic N) is 5. The van der Waals surface area contributed by atoms with Crippen LogP contribution in [0.25, 0.3) is 11.0 Å². The predicted molar refractivity (Wildman–Crippen MR) is 149 cm³/mol. The fraction of sp³-hybridized carbons (Fsp3) is 0.586. The summed E-state index contributed by atoms with van der Waals surface area (Å²) in [5.41, 5.74) is -0.249. The van der Waals surface area contributed by atoms with Crippen LogP contribution < -0.4 is 5.32 Å². The summed E-state index contributed by atoms with van der Waals surface area (Å²) in [6, 6.07) is 1.69. The molecule has 6 rings (SSSR count). The van der Waals surface area contributed by atoms with Crippen molar-refractivity contribution in [3.8, 4) is 0 Å². The first-order valence-corrected chi connectivity index (χ1v) is 15.0. The summed E-state index contributed by atoms with van der Waals surface area (Å²) in [5, 5.41) is 9.87. The molecule has 0 bridgehead atoms. The maximum Gasteiger partial charge on any atom is 0.409 e. The van der Waals surface area contributed by atoms with Gasteiger partial charge >= 0.3 is 17.9 Å². The molecular formula is C29H30F7N7O5. The average Bonchev–Trinajstić information content (AvgIpc) is 3.80. The number of benzene rings is 1. The smallest absolute Gasteiger partial charge is 0.409 e. The number of amides is 3. The molecule has 4 heterocycles. The predicted octanol–water partition coefficient (Wildman–Crippen LogP) is 4.58. The number of carbonyl (C=O) groups is 3. The van der Waals surface area contributed by atoms with Crippen molar-refractivity contribution in [2.45, 2.75) is 62.3 Å². The van der Waals surface area contributed by atoms with Gasteiger partial charge in [-0.3, -0.25) is 9.59 Å². The lowest BCUT2D eigenvalue weighted by molar-refractivity contribution is -0.172. The van der Waals surface area contributed by atoms with Crippen molar-refractivity contribution in [1.82, 2.24) is 35.4 Å². The van der Waals surface area contributed by atoms with Crippen molar-refractivity contribution in [1.29, 1.82) is 0 Å². The number of fused-ring (bicyclic) bond motifs is 1. The zero-order valence-corrected chi connectivity index (χ0v) is 25.5. The van der Waals surface area contributed by atoms with Crippen LogP contribution in [0.5, 0.6) is 0 Å². The minimum absolute atomic E-state index is 0.00257. The van der Waals surface area contributed by atoms with Crippen molar-refractivity contribution in [3.63, 3.8) is 0 Å². The van der Waals surface area contributed by atoms with Crippen LogP contribution in [0.2, 0.25) is 0 Å². The Bertz CT molecular complexity index is 1720. The van der Waals surface area contributed by atoms with Gasteiger partial charge in [0.25, 0.3) is 5.91 Å². The molecule has 0 spiro atoms. The van der Waals surface area contributed by atoms with E-state index >= 15 is 4.39 Å². The summed E-state index contributed by atoms with van der Waals surface area (Å²) >= 11 is 0. The summed E-state index contributed by atoms with van der Waals surface area (Å²) in [6.07, 6.45) is -1.79. The third-order valence-corrected chi connectivity index (χ3v) is 9.42. The Morgan fingerprint density at radius 1 is 1.02 bits per heavy atom. The topological polar surface area (TPSA) is 147 Å². The molecule has 0 radical (unpaired) electrons. The molecule has 3 amide bonds. The Balaban J connectivity index is 1.34. The number of H-pyrrole nitrogens is 1. The Morgan fingerprint density at radius 3 is 2.29 bits per heavy atom. The zero-order valence-electron chi connectivity index (χ0n) is 25.5. The maximum absolute atomic E-state index is 16.4. The molecule has 260 valence electrons. The van der Waals surface area contributed by atoms with Crippen LogP contribution in [0.1, 0.15) is 65.2 Å². The highest BCUT2D eigenvalue weighted by Gasteiger charge is 2.64. The molecule has 1 aromatic carbocycles. The summed E-state index contributed by atoms with van der Waals surface area (Å²) in [4.78, 5) is 47.5. The molecule has 3 fully saturated rings. The standard InChI is InChI=1S/C29H30F7N7O5/c1-13-20(41-48-40-13)24(44)39-21(14-5-7-27(31,32)8-6-14)23-37-18-4-3-15(19(30)22(18)38-23)16-9-42(26(46)47-2)10-17(16)25(45)43-11-28(33,34)29(35,36)12-43/h3-4,14,16-17,21H,5-12H2,1-2H3,(H,37,38)(H,39,44)/t16-,17-,21-/m0/s1. The van der Waals surface area contributed by atoms with Gasteiger partial charge in [0, 0.05) is 31.8 Å². The molecule has 1 saturated carbocycles. The van der Waals surface area contributed by atoms with E-state index in [-0.39, 0.29) is 53.2 Å². The Morgan fingerprint density at radius 2 is 1.69 bits per heavy atom. The zero-order chi connectivity index (χ0) is 34.8. The molecule has 2 aliphatic heterocycles. The molecule has 3 aromatic rings. The first-order chi connectivity index (χ1) is 22.5. The third-order valence-electron chi connectivity index (χ3n) is 9.42. The van der Waals surface area contributed by atoms with Gasteiger partial charge in [-0.1, -0.05) is 11.2 Å². The van der Waals surface area contributed by atoms with Crippen molar-refractivity contribution >= 4 is 28.9 Å². The fourth-order valence-corrected chi connectivity index (χ4v) is 6.77. The van der Waals surface area contributed by atoms with Crippen LogP contribution in [0.4, 0.5) is 35.5 Å². The van der Waals surface area contributed by atoms with Crippen molar-refractivity contribution in [3.05, 3.63) is 40.7 Å². The quantitative estimate of drug-likeness (QED) is 0.358. The fourth-order valence-electron chi connectivity index (χ4n) is 6.77.